The van der Waals surface area contributed by atoms with Crippen LogP contribution in [-0.4, -0.2) is 19.0 Å². The van der Waals surface area contributed by atoms with Crippen LogP contribution in [0.1, 0.15) is 44.3 Å². The van der Waals surface area contributed by atoms with E-state index in [1.807, 2.05) is 30.3 Å². The van der Waals surface area contributed by atoms with Crippen molar-refractivity contribution in [2.45, 2.75) is 18.9 Å². The molecule has 3 rings (SSSR count). The number of benzene rings is 2. The van der Waals surface area contributed by atoms with Gasteiger partial charge in [-0.05, 0) is 48.2 Å². The molecule has 0 radical (unpaired) electrons. The Morgan fingerprint density at radius 3 is 2.59 bits per heavy atom. The summed E-state index contributed by atoms with van der Waals surface area (Å²) in [6, 6.07) is 14.6. The van der Waals surface area contributed by atoms with Crippen molar-refractivity contribution < 1.29 is 14.3 Å². The van der Waals surface area contributed by atoms with Gasteiger partial charge in [0.05, 0.1) is 18.7 Å². The molecule has 2 aromatic rings. The average molecular weight is 295 g/mol. The predicted molar refractivity (Wildman–Crippen MR) is 82.8 cm³/mol. The summed E-state index contributed by atoms with van der Waals surface area (Å²) in [4.78, 5) is 23.9. The van der Waals surface area contributed by atoms with Crippen LogP contribution in [0.3, 0.4) is 0 Å². The number of hydrogen-bond donors (Lipinski definition) is 1. The van der Waals surface area contributed by atoms with Crippen LogP contribution in [0.5, 0.6) is 0 Å². The first-order valence-electron chi connectivity index (χ1n) is 7.26. The standard InChI is InChI=1S/C18H17NO3/c1-22-18(21)14-8-7-12-9-10-16(15(12)11-14)19-17(20)13-5-3-2-4-6-13/h2-8,11,16H,9-10H2,1H3,(H,19,20)/t16-/m1/s1. The first-order valence-corrected chi connectivity index (χ1v) is 7.26. The maximum Gasteiger partial charge on any atom is 0.337 e. The molecule has 0 heterocycles. The Balaban J connectivity index is 1.81. The zero-order valence-electron chi connectivity index (χ0n) is 12.3. The smallest absolute Gasteiger partial charge is 0.337 e. The molecule has 0 aliphatic heterocycles. The van der Waals surface area contributed by atoms with Crippen LogP contribution >= 0.6 is 0 Å². The maximum absolute atomic E-state index is 12.3. The lowest BCUT2D eigenvalue weighted by Crippen LogP contribution is -2.27. The number of hydrogen-bond acceptors (Lipinski definition) is 3. The van der Waals surface area contributed by atoms with Crippen molar-refractivity contribution in [1.82, 2.24) is 5.32 Å². The molecule has 0 bridgehead atoms. The lowest BCUT2D eigenvalue weighted by Gasteiger charge is -2.15. The summed E-state index contributed by atoms with van der Waals surface area (Å²) in [5.74, 6) is -0.454. The number of carbonyl (C=O) groups is 2. The summed E-state index contributed by atoms with van der Waals surface area (Å²) < 4.78 is 4.76. The van der Waals surface area contributed by atoms with Crippen LogP contribution in [-0.2, 0) is 11.2 Å². The molecule has 0 unspecified atom stereocenters. The normalized spacial score (nSPS) is 16.0. The van der Waals surface area contributed by atoms with E-state index in [9.17, 15) is 9.59 Å². The minimum atomic E-state index is -0.358. The van der Waals surface area contributed by atoms with Crippen molar-refractivity contribution in [3.8, 4) is 0 Å². The van der Waals surface area contributed by atoms with Crippen molar-refractivity contribution >= 4 is 11.9 Å². The first-order chi connectivity index (χ1) is 10.7. The Labute approximate surface area is 129 Å². The van der Waals surface area contributed by atoms with E-state index in [0.29, 0.717) is 11.1 Å². The van der Waals surface area contributed by atoms with Gasteiger partial charge in [0.1, 0.15) is 0 Å². The van der Waals surface area contributed by atoms with E-state index in [1.54, 1.807) is 18.2 Å². The molecule has 1 atom stereocenters. The molecule has 0 spiro atoms. The van der Waals surface area contributed by atoms with Crippen LogP contribution in [0.15, 0.2) is 48.5 Å². The van der Waals surface area contributed by atoms with E-state index in [0.717, 1.165) is 18.4 Å². The van der Waals surface area contributed by atoms with Crippen LogP contribution in [0.2, 0.25) is 0 Å². The van der Waals surface area contributed by atoms with Crippen LogP contribution < -0.4 is 5.32 Å². The molecule has 1 amide bonds. The number of ether oxygens (including phenoxy) is 1. The van der Waals surface area contributed by atoms with Gasteiger partial charge in [0.15, 0.2) is 0 Å². The van der Waals surface area contributed by atoms with E-state index in [-0.39, 0.29) is 17.9 Å². The third-order valence-electron chi connectivity index (χ3n) is 3.99. The van der Waals surface area contributed by atoms with Crippen molar-refractivity contribution in [2.75, 3.05) is 7.11 Å². The quantitative estimate of drug-likeness (QED) is 0.886. The van der Waals surface area contributed by atoms with Crippen molar-refractivity contribution in [3.63, 3.8) is 0 Å². The number of nitrogens with one attached hydrogen (secondary N) is 1. The molecular formula is C18H17NO3. The van der Waals surface area contributed by atoms with E-state index in [1.165, 1.54) is 12.7 Å². The molecule has 1 N–H and O–H groups in total. The number of carbonyl (C=O) groups excluding carboxylic acids is 2. The van der Waals surface area contributed by atoms with Gasteiger partial charge < -0.3 is 10.1 Å². The van der Waals surface area contributed by atoms with E-state index < -0.39 is 0 Å². The van der Waals surface area contributed by atoms with Crippen molar-refractivity contribution in [1.29, 1.82) is 0 Å². The molecule has 4 heteroatoms. The highest BCUT2D eigenvalue weighted by atomic mass is 16.5. The fourth-order valence-electron chi connectivity index (χ4n) is 2.83. The molecule has 4 nitrogen and oxygen atoms in total. The fourth-order valence-corrected chi connectivity index (χ4v) is 2.83. The van der Waals surface area contributed by atoms with Gasteiger partial charge in [0.2, 0.25) is 0 Å². The maximum atomic E-state index is 12.3. The summed E-state index contributed by atoms with van der Waals surface area (Å²) in [6.07, 6.45) is 1.75. The van der Waals surface area contributed by atoms with Crippen LogP contribution in [0.4, 0.5) is 0 Å². The third kappa shape index (κ3) is 2.72. The Hall–Kier alpha value is -2.62. The predicted octanol–water partition coefficient (Wildman–Crippen LogP) is 2.89. The zero-order chi connectivity index (χ0) is 15.5. The second-order valence-electron chi connectivity index (χ2n) is 5.34. The molecule has 0 fully saturated rings. The second kappa shape index (κ2) is 6.02. The summed E-state index contributed by atoms with van der Waals surface area (Å²) in [6.45, 7) is 0. The monoisotopic (exact) mass is 295 g/mol. The lowest BCUT2D eigenvalue weighted by molar-refractivity contribution is 0.0600. The molecule has 1 aliphatic rings. The first kappa shape index (κ1) is 14.3. The van der Waals surface area contributed by atoms with Crippen molar-refractivity contribution in [2.24, 2.45) is 0 Å². The van der Waals surface area contributed by atoms with Gasteiger partial charge in [-0.2, -0.15) is 0 Å². The molecule has 112 valence electrons. The van der Waals surface area contributed by atoms with E-state index in [4.69, 9.17) is 4.74 Å². The van der Waals surface area contributed by atoms with Crippen LogP contribution in [0, 0.1) is 0 Å². The zero-order valence-corrected chi connectivity index (χ0v) is 12.3. The SMILES string of the molecule is COC(=O)c1ccc2c(c1)[C@H](NC(=O)c1ccccc1)CC2. The summed E-state index contributed by atoms with van der Waals surface area (Å²) in [7, 11) is 1.37. The summed E-state index contributed by atoms with van der Waals surface area (Å²) in [5.41, 5.74) is 3.33. The Morgan fingerprint density at radius 1 is 1.09 bits per heavy atom. The molecule has 0 saturated heterocycles. The van der Waals surface area contributed by atoms with Gasteiger partial charge in [-0.3, -0.25) is 4.79 Å². The number of methoxy groups -OCH3 is 1. The van der Waals surface area contributed by atoms with Gasteiger partial charge in [0.25, 0.3) is 5.91 Å². The highest BCUT2D eigenvalue weighted by Gasteiger charge is 2.25. The molecular weight excluding hydrogens is 278 g/mol. The molecule has 2 aromatic carbocycles. The van der Waals surface area contributed by atoms with Gasteiger partial charge in [-0.1, -0.05) is 24.3 Å². The lowest BCUT2D eigenvalue weighted by atomic mass is 10.0. The molecule has 22 heavy (non-hydrogen) atoms. The number of rotatable bonds is 3. The number of esters is 1. The second-order valence-corrected chi connectivity index (χ2v) is 5.34. The highest BCUT2D eigenvalue weighted by Crippen LogP contribution is 2.32. The number of fused-ring (bicyclic) bond motifs is 1. The van der Waals surface area contributed by atoms with Crippen LogP contribution in [0.25, 0.3) is 0 Å². The third-order valence-corrected chi connectivity index (χ3v) is 3.99. The topological polar surface area (TPSA) is 55.4 Å². The fraction of sp³-hybridized carbons (Fsp3) is 0.222. The largest absolute Gasteiger partial charge is 0.465 e. The molecule has 0 aromatic heterocycles. The Kier molecular flexibility index (Phi) is 3.92. The number of aryl methyl sites for hydroxylation is 1. The Morgan fingerprint density at radius 2 is 1.86 bits per heavy atom. The van der Waals surface area contributed by atoms with Gasteiger partial charge >= 0.3 is 5.97 Å². The summed E-state index contributed by atoms with van der Waals surface area (Å²) >= 11 is 0. The minimum Gasteiger partial charge on any atom is -0.465 e. The highest BCUT2D eigenvalue weighted by molar-refractivity contribution is 5.94. The minimum absolute atomic E-state index is 0.0627. The summed E-state index contributed by atoms with van der Waals surface area (Å²) in [5, 5.41) is 3.04. The van der Waals surface area contributed by atoms with Crippen molar-refractivity contribution in [3.05, 3.63) is 70.8 Å². The van der Waals surface area contributed by atoms with E-state index >= 15 is 0 Å². The van der Waals surface area contributed by atoms with Gasteiger partial charge in [-0.25, -0.2) is 4.79 Å². The average Bonchev–Trinajstić information content (AvgIpc) is 2.97. The Bertz CT molecular complexity index is 710. The molecule has 1 aliphatic carbocycles. The van der Waals surface area contributed by atoms with E-state index in [2.05, 4.69) is 5.32 Å². The van der Waals surface area contributed by atoms with Gasteiger partial charge in [0, 0.05) is 5.56 Å². The molecule has 0 saturated carbocycles. The number of amides is 1. The van der Waals surface area contributed by atoms with Gasteiger partial charge in [-0.15, -0.1) is 0 Å².